The number of allylic oxidation sites excluding steroid dienone is 5. The molecule has 0 unspecified atom stereocenters. The summed E-state index contributed by atoms with van der Waals surface area (Å²) in [6.07, 6.45) is 10.7. The second kappa shape index (κ2) is 5.80. The first-order chi connectivity index (χ1) is 5.99. The Morgan fingerprint density at radius 1 is 1.31 bits per heavy atom. The van der Waals surface area contributed by atoms with E-state index < -0.39 is 0 Å². The van der Waals surface area contributed by atoms with E-state index >= 15 is 0 Å². The number of hydrogen-bond acceptors (Lipinski definition) is 0. The van der Waals surface area contributed by atoms with E-state index in [9.17, 15) is 0 Å². The summed E-state index contributed by atoms with van der Waals surface area (Å²) in [6, 6.07) is 0. The van der Waals surface area contributed by atoms with Crippen molar-refractivity contribution in [3.63, 3.8) is 0 Å². The maximum Gasteiger partial charge on any atom is -0.0298 e. The highest BCUT2D eigenvalue weighted by Crippen LogP contribution is 2.19. The first-order valence-corrected chi connectivity index (χ1v) is 4.98. The van der Waals surface area contributed by atoms with Crippen LogP contribution in [0.25, 0.3) is 0 Å². The monoisotopic (exact) mass is 178 g/mol. The van der Waals surface area contributed by atoms with E-state index in [0.29, 0.717) is 5.41 Å². The van der Waals surface area contributed by atoms with Gasteiger partial charge in [0.2, 0.25) is 0 Å². The zero-order valence-corrected chi connectivity index (χ0v) is 9.43. The normalized spacial score (nSPS) is 13.7. The maximum atomic E-state index is 3.78. The molecule has 0 aromatic heterocycles. The van der Waals surface area contributed by atoms with Crippen molar-refractivity contribution < 1.29 is 0 Å². The van der Waals surface area contributed by atoms with Crippen molar-refractivity contribution in [1.82, 2.24) is 0 Å². The predicted octanol–water partition coefficient (Wildman–Crippen LogP) is 4.50. The minimum atomic E-state index is 0.384. The summed E-state index contributed by atoms with van der Waals surface area (Å²) in [5.41, 5.74) is 1.61. The van der Waals surface area contributed by atoms with Gasteiger partial charge in [-0.2, -0.15) is 0 Å². The van der Waals surface area contributed by atoms with Crippen molar-refractivity contribution in [3.05, 3.63) is 36.5 Å². The van der Waals surface area contributed by atoms with E-state index in [1.165, 1.54) is 5.57 Å². The van der Waals surface area contributed by atoms with Crippen molar-refractivity contribution >= 4 is 0 Å². The molecule has 0 aliphatic heterocycles. The van der Waals surface area contributed by atoms with E-state index in [2.05, 4.69) is 52.5 Å². The average Bonchev–Trinajstić information content (AvgIpc) is 2.01. The van der Waals surface area contributed by atoms with Crippen LogP contribution in [0.2, 0.25) is 0 Å². The standard InChI is InChI=1S/C13H22/c1-6-9-12(7-2)10-8-11-13(3,4)5/h7-10H,2,6,11H2,1,3-5H3/b10-8-,12-9-. The third-order valence-electron chi connectivity index (χ3n) is 1.72. The second-order valence-electron chi connectivity index (χ2n) is 4.48. The van der Waals surface area contributed by atoms with Crippen LogP contribution in [0.3, 0.4) is 0 Å². The number of rotatable bonds is 4. The highest BCUT2D eigenvalue weighted by molar-refractivity contribution is 5.28. The summed E-state index contributed by atoms with van der Waals surface area (Å²) in [4.78, 5) is 0. The van der Waals surface area contributed by atoms with Gasteiger partial charge in [0, 0.05) is 0 Å². The van der Waals surface area contributed by atoms with E-state index in [1.807, 2.05) is 6.08 Å². The highest BCUT2D eigenvalue weighted by Gasteiger charge is 2.05. The Morgan fingerprint density at radius 3 is 2.31 bits per heavy atom. The Balaban J connectivity index is 4.10. The summed E-state index contributed by atoms with van der Waals surface area (Å²) in [7, 11) is 0. The largest absolute Gasteiger partial charge is 0.0985 e. The zero-order valence-electron chi connectivity index (χ0n) is 9.43. The quantitative estimate of drug-likeness (QED) is 0.556. The minimum Gasteiger partial charge on any atom is -0.0985 e. The molecule has 13 heavy (non-hydrogen) atoms. The SMILES string of the molecule is C=CC(/C=C\CC(C)(C)C)=C/CC. The summed E-state index contributed by atoms with van der Waals surface area (Å²) in [5, 5.41) is 0. The molecule has 0 saturated heterocycles. The fourth-order valence-corrected chi connectivity index (χ4v) is 1.00. The molecular weight excluding hydrogens is 156 g/mol. The van der Waals surface area contributed by atoms with Crippen molar-refractivity contribution in [2.45, 2.75) is 40.5 Å². The fraction of sp³-hybridized carbons (Fsp3) is 0.538. The molecule has 0 aliphatic rings. The molecule has 74 valence electrons. The summed E-state index contributed by atoms with van der Waals surface area (Å²) < 4.78 is 0. The first kappa shape index (κ1) is 12.2. The van der Waals surface area contributed by atoms with E-state index in [1.54, 1.807) is 0 Å². The van der Waals surface area contributed by atoms with Crippen LogP contribution in [-0.2, 0) is 0 Å². The topological polar surface area (TPSA) is 0 Å². The van der Waals surface area contributed by atoms with Crippen LogP contribution in [0.4, 0.5) is 0 Å². The van der Waals surface area contributed by atoms with Crippen LogP contribution in [0.5, 0.6) is 0 Å². The lowest BCUT2D eigenvalue weighted by molar-refractivity contribution is 0.420. The highest BCUT2D eigenvalue weighted by atomic mass is 14.1. The van der Waals surface area contributed by atoms with E-state index in [4.69, 9.17) is 0 Å². The van der Waals surface area contributed by atoms with Crippen molar-refractivity contribution in [2.24, 2.45) is 5.41 Å². The van der Waals surface area contributed by atoms with Crippen LogP contribution >= 0.6 is 0 Å². The lowest BCUT2D eigenvalue weighted by Crippen LogP contribution is -2.01. The van der Waals surface area contributed by atoms with Gasteiger partial charge in [-0.1, -0.05) is 58.6 Å². The molecule has 0 saturated carbocycles. The van der Waals surface area contributed by atoms with Gasteiger partial charge in [-0.25, -0.2) is 0 Å². The van der Waals surface area contributed by atoms with Gasteiger partial charge in [0.25, 0.3) is 0 Å². The molecular formula is C13H22. The van der Waals surface area contributed by atoms with Crippen molar-refractivity contribution in [1.29, 1.82) is 0 Å². The molecule has 0 N–H and O–H groups in total. The molecule has 0 nitrogen and oxygen atoms in total. The summed E-state index contributed by atoms with van der Waals surface area (Å²) in [6.45, 7) is 12.6. The predicted molar refractivity (Wildman–Crippen MR) is 61.8 cm³/mol. The molecule has 0 aromatic rings. The first-order valence-electron chi connectivity index (χ1n) is 4.98. The Hall–Kier alpha value is -0.780. The van der Waals surface area contributed by atoms with Crippen molar-refractivity contribution in [3.8, 4) is 0 Å². The molecule has 0 aliphatic carbocycles. The molecule has 0 aromatic carbocycles. The average molecular weight is 178 g/mol. The molecule has 0 atom stereocenters. The van der Waals surface area contributed by atoms with Crippen molar-refractivity contribution in [2.75, 3.05) is 0 Å². The molecule has 0 heteroatoms. The Labute approximate surface area is 83.0 Å². The zero-order chi connectivity index (χ0) is 10.3. The van der Waals surface area contributed by atoms with E-state index in [-0.39, 0.29) is 0 Å². The lowest BCUT2D eigenvalue weighted by atomic mass is 9.92. The van der Waals surface area contributed by atoms with Gasteiger partial charge in [-0.15, -0.1) is 0 Å². The third kappa shape index (κ3) is 7.58. The Bertz CT molecular complexity index is 199. The lowest BCUT2D eigenvalue weighted by Gasteiger charge is -2.14. The van der Waals surface area contributed by atoms with Gasteiger partial charge in [0.05, 0.1) is 0 Å². The second-order valence-corrected chi connectivity index (χ2v) is 4.48. The van der Waals surface area contributed by atoms with Gasteiger partial charge < -0.3 is 0 Å². The third-order valence-corrected chi connectivity index (χ3v) is 1.72. The van der Waals surface area contributed by atoms with Crippen LogP contribution in [0, 0.1) is 5.41 Å². The van der Waals surface area contributed by atoms with Crippen LogP contribution in [0.15, 0.2) is 36.5 Å². The summed E-state index contributed by atoms with van der Waals surface area (Å²) in [5.74, 6) is 0. The molecule has 0 rings (SSSR count). The van der Waals surface area contributed by atoms with E-state index in [0.717, 1.165) is 12.8 Å². The molecule has 0 radical (unpaired) electrons. The van der Waals surface area contributed by atoms with Crippen LogP contribution < -0.4 is 0 Å². The molecule has 0 spiro atoms. The van der Waals surface area contributed by atoms with Gasteiger partial charge in [-0.05, 0) is 23.8 Å². The van der Waals surface area contributed by atoms with Gasteiger partial charge in [0.15, 0.2) is 0 Å². The molecule has 0 heterocycles. The maximum absolute atomic E-state index is 3.78. The number of hydrogen-bond donors (Lipinski definition) is 0. The molecule has 0 bridgehead atoms. The Morgan fingerprint density at radius 2 is 1.92 bits per heavy atom. The molecule has 0 amide bonds. The van der Waals surface area contributed by atoms with Crippen LogP contribution in [0.1, 0.15) is 40.5 Å². The smallest absolute Gasteiger partial charge is 0.0298 e. The summed E-state index contributed by atoms with van der Waals surface area (Å²) >= 11 is 0. The van der Waals surface area contributed by atoms with Gasteiger partial charge >= 0.3 is 0 Å². The van der Waals surface area contributed by atoms with Gasteiger partial charge in [-0.3, -0.25) is 0 Å². The molecule has 0 fully saturated rings. The van der Waals surface area contributed by atoms with Crippen LogP contribution in [-0.4, -0.2) is 0 Å². The minimum absolute atomic E-state index is 0.384. The Kier molecular flexibility index (Phi) is 5.45. The van der Waals surface area contributed by atoms with Gasteiger partial charge in [0.1, 0.15) is 0 Å². The fourth-order valence-electron chi connectivity index (χ4n) is 1.00.